The van der Waals surface area contributed by atoms with Crippen molar-refractivity contribution in [2.24, 2.45) is 0 Å². The Hall–Kier alpha value is -2.42. The Labute approximate surface area is 85.1 Å². The Balaban J connectivity index is 3.56. The summed E-state index contributed by atoms with van der Waals surface area (Å²) in [6.07, 6.45) is 0. The topological polar surface area (TPSA) is 110 Å². The van der Waals surface area contributed by atoms with Crippen LogP contribution in [0.4, 0.5) is 11.4 Å². The van der Waals surface area contributed by atoms with Gasteiger partial charge in [0.15, 0.2) is 5.78 Å². The normalized spacial score (nSPS) is 9.33. The summed E-state index contributed by atoms with van der Waals surface area (Å²) in [6, 6.07) is 4.02. The van der Waals surface area contributed by atoms with Crippen LogP contribution in [0.3, 0.4) is 0 Å². The van der Waals surface area contributed by atoms with Crippen LogP contribution in [0.1, 0.15) is 22.8 Å². The summed E-state index contributed by atoms with van der Waals surface area (Å²) in [6.45, 7) is 1.23. The molecular formula is C9H7N3O3. The van der Waals surface area contributed by atoms with Crippen LogP contribution >= 0.6 is 0 Å². The Kier molecular flexibility index (Phi) is 2.67. The largest absolute Gasteiger partial charge is 0.393 e. The van der Waals surface area contributed by atoms with Gasteiger partial charge in [0.1, 0.15) is 5.69 Å². The first kappa shape index (κ1) is 10.7. The van der Waals surface area contributed by atoms with E-state index in [4.69, 9.17) is 11.0 Å². The van der Waals surface area contributed by atoms with Gasteiger partial charge in [0.25, 0.3) is 5.69 Å². The second-order valence-corrected chi connectivity index (χ2v) is 2.88. The van der Waals surface area contributed by atoms with Gasteiger partial charge in [-0.25, -0.2) is 0 Å². The van der Waals surface area contributed by atoms with Gasteiger partial charge in [0.2, 0.25) is 0 Å². The molecule has 1 rings (SSSR count). The maximum absolute atomic E-state index is 11.1. The Morgan fingerprint density at radius 1 is 1.60 bits per heavy atom. The van der Waals surface area contributed by atoms with Crippen LogP contribution in [-0.4, -0.2) is 10.7 Å². The third-order valence-electron chi connectivity index (χ3n) is 1.86. The van der Waals surface area contributed by atoms with Crippen LogP contribution < -0.4 is 5.73 Å². The number of nitrogen functional groups attached to an aromatic ring is 1. The molecule has 0 amide bonds. The number of carbonyl (C=O) groups excluding carboxylic acids is 1. The fraction of sp³-hybridized carbons (Fsp3) is 0.111. The average molecular weight is 205 g/mol. The van der Waals surface area contributed by atoms with E-state index in [2.05, 4.69) is 0 Å². The van der Waals surface area contributed by atoms with Gasteiger partial charge in [-0.05, 0) is 13.0 Å². The van der Waals surface area contributed by atoms with Crippen LogP contribution in [0, 0.1) is 21.4 Å². The summed E-state index contributed by atoms with van der Waals surface area (Å²) in [7, 11) is 0. The van der Waals surface area contributed by atoms with Gasteiger partial charge in [-0.15, -0.1) is 0 Å². The molecule has 0 aliphatic heterocycles. The SMILES string of the molecule is CC(=O)c1cc(C#N)cc([N+](=O)[O-])c1N. The molecule has 15 heavy (non-hydrogen) atoms. The zero-order valence-corrected chi connectivity index (χ0v) is 7.85. The monoisotopic (exact) mass is 205 g/mol. The van der Waals surface area contributed by atoms with E-state index in [9.17, 15) is 14.9 Å². The number of nitrogens with zero attached hydrogens (tertiary/aromatic N) is 2. The van der Waals surface area contributed by atoms with Gasteiger partial charge in [-0.1, -0.05) is 0 Å². The van der Waals surface area contributed by atoms with Crippen molar-refractivity contribution in [2.45, 2.75) is 6.92 Å². The number of nitro groups is 1. The number of nitrogens with two attached hydrogens (primary N) is 1. The van der Waals surface area contributed by atoms with E-state index in [0.717, 1.165) is 6.07 Å². The van der Waals surface area contributed by atoms with E-state index in [1.165, 1.54) is 13.0 Å². The lowest BCUT2D eigenvalue weighted by Gasteiger charge is -2.03. The minimum Gasteiger partial charge on any atom is -0.393 e. The lowest BCUT2D eigenvalue weighted by atomic mass is 10.0. The van der Waals surface area contributed by atoms with Crippen molar-refractivity contribution in [3.63, 3.8) is 0 Å². The van der Waals surface area contributed by atoms with Crippen LogP contribution in [-0.2, 0) is 0 Å². The molecule has 6 heteroatoms. The predicted molar refractivity (Wildman–Crippen MR) is 52.2 cm³/mol. The highest BCUT2D eigenvalue weighted by molar-refractivity contribution is 6.01. The van der Waals surface area contributed by atoms with Crippen molar-refractivity contribution in [2.75, 3.05) is 5.73 Å². The molecule has 0 unspecified atom stereocenters. The Bertz CT molecular complexity index is 453. The van der Waals surface area contributed by atoms with Gasteiger partial charge < -0.3 is 5.73 Å². The molecule has 0 aliphatic rings. The van der Waals surface area contributed by atoms with E-state index in [0.29, 0.717) is 0 Å². The van der Waals surface area contributed by atoms with E-state index in [1.807, 2.05) is 0 Å². The first-order valence-corrected chi connectivity index (χ1v) is 3.96. The number of nitro benzene ring substituents is 1. The second-order valence-electron chi connectivity index (χ2n) is 2.88. The van der Waals surface area contributed by atoms with Crippen LogP contribution in [0.15, 0.2) is 12.1 Å². The Morgan fingerprint density at radius 2 is 2.20 bits per heavy atom. The molecule has 2 N–H and O–H groups in total. The summed E-state index contributed by atoms with van der Waals surface area (Å²) in [5.41, 5.74) is 4.86. The first-order valence-electron chi connectivity index (χ1n) is 3.96. The van der Waals surface area contributed by atoms with Gasteiger partial charge in [0, 0.05) is 11.6 Å². The molecule has 0 bridgehead atoms. The molecule has 1 aromatic carbocycles. The summed E-state index contributed by atoms with van der Waals surface area (Å²) >= 11 is 0. The summed E-state index contributed by atoms with van der Waals surface area (Å²) in [5.74, 6) is -0.410. The maximum Gasteiger partial charge on any atom is 0.294 e. The van der Waals surface area contributed by atoms with Gasteiger partial charge in [-0.3, -0.25) is 14.9 Å². The molecular weight excluding hydrogens is 198 g/mol. The van der Waals surface area contributed by atoms with Crippen molar-refractivity contribution in [1.82, 2.24) is 0 Å². The van der Waals surface area contributed by atoms with Crippen molar-refractivity contribution in [3.05, 3.63) is 33.4 Å². The molecule has 1 aromatic rings. The van der Waals surface area contributed by atoms with Crippen LogP contribution in [0.5, 0.6) is 0 Å². The van der Waals surface area contributed by atoms with Crippen LogP contribution in [0.25, 0.3) is 0 Å². The fourth-order valence-corrected chi connectivity index (χ4v) is 1.14. The summed E-state index contributed by atoms with van der Waals surface area (Å²) in [5, 5.41) is 19.2. The lowest BCUT2D eigenvalue weighted by Crippen LogP contribution is -2.04. The minimum atomic E-state index is -0.720. The predicted octanol–water partition coefficient (Wildman–Crippen LogP) is 1.25. The molecule has 0 fully saturated rings. The average Bonchev–Trinajstić information content (AvgIpc) is 2.17. The van der Waals surface area contributed by atoms with E-state index < -0.39 is 16.4 Å². The zero-order valence-electron chi connectivity index (χ0n) is 7.85. The highest BCUT2D eigenvalue weighted by Gasteiger charge is 2.19. The van der Waals surface area contributed by atoms with Gasteiger partial charge >= 0.3 is 0 Å². The number of Topliss-reactive ketones (excluding diaryl/α,β-unsaturated/α-hetero) is 1. The molecule has 76 valence electrons. The number of benzene rings is 1. The molecule has 0 spiro atoms. The molecule has 0 atom stereocenters. The minimum absolute atomic E-state index is 0.000694. The number of hydrogen-bond acceptors (Lipinski definition) is 5. The quantitative estimate of drug-likeness (QED) is 0.338. The second kappa shape index (κ2) is 3.75. The number of anilines is 1. The first-order chi connectivity index (χ1) is 6.97. The van der Waals surface area contributed by atoms with E-state index >= 15 is 0 Å². The molecule has 0 aliphatic carbocycles. The van der Waals surface area contributed by atoms with Crippen molar-refractivity contribution in [1.29, 1.82) is 5.26 Å². The highest BCUT2D eigenvalue weighted by atomic mass is 16.6. The highest BCUT2D eigenvalue weighted by Crippen LogP contribution is 2.27. The third-order valence-corrected chi connectivity index (χ3v) is 1.86. The van der Waals surface area contributed by atoms with Crippen molar-refractivity contribution < 1.29 is 9.72 Å². The van der Waals surface area contributed by atoms with Gasteiger partial charge in [-0.2, -0.15) is 5.26 Å². The molecule has 6 nitrogen and oxygen atoms in total. The zero-order chi connectivity index (χ0) is 11.6. The summed E-state index contributed by atoms with van der Waals surface area (Å²) < 4.78 is 0. The van der Waals surface area contributed by atoms with E-state index in [1.54, 1.807) is 6.07 Å². The molecule has 0 aromatic heterocycles. The molecule has 0 saturated carbocycles. The maximum atomic E-state index is 11.1. The van der Waals surface area contributed by atoms with Crippen molar-refractivity contribution >= 4 is 17.2 Å². The van der Waals surface area contributed by atoms with E-state index in [-0.39, 0.29) is 16.8 Å². The smallest absolute Gasteiger partial charge is 0.294 e. The van der Waals surface area contributed by atoms with Crippen LogP contribution in [0.2, 0.25) is 0 Å². The molecule has 0 saturated heterocycles. The lowest BCUT2D eigenvalue weighted by molar-refractivity contribution is -0.383. The fourth-order valence-electron chi connectivity index (χ4n) is 1.14. The molecule has 0 heterocycles. The third kappa shape index (κ3) is 1.91. The van der Waals surface area contributed by atoms with Gasteiger partial charge in [0.05, 0.1) is 16.6 Å². The number of rotatable bonds is 2. The number of nitriles is 1. The molecule has 0 radical (unpaired) electrons. The van der Waals surface area contributed by atoms with Crippen molar-refractivity contribution in [3.8, 4) is 6.07 Å². The summed E-state index contributed by atoms with van der Waals surface area (Å²) in [4.78, 5) is 20.9. The number of carbonyl (C=O) groups is 1. The number of ketones is 1. The Morgan fingerprint density at radius 3 is 2.60 bits per heavy atom. The standard InChI is InChI=1S/C9H7N3O3/c1-5(13)7-2-6(4-10)3-8(9(7)11)12(14)15/h2-3H,11H2,1H3. The number of hydrogen-bond donors (Lipinski definition) is 1.